The van der Waals surface area contributed by atoms with Crippen LogP contribution in [0.4, 0.5) is 0 Å². The number of ether oxygens (including phenoxy) is 1. The summed E-state index contributed by atoms with van der Waals surface area (Å²) in [5.41, 5.74) is 4.97. The minimum atomic E-state index is 0.213. The largest absolute Gasteiger partial charge is 0.497 e. The van der Waals surface area contributed by atoms with Crippen molar-refractivity contribution < 1.29 is 9.84 Å². The van der Waals surface area contributed by atoms with E-state index in [1.165, 1.54) is 16.7 Å². The van der Waals surface area contributed by atoms with Gasteiger partial charge in [-0.05, 0) is 60.4 Å². The summed E-state index contributed by atoms with van der Waals surface area (Å²) in [5.74, 6) is 0.892. The maximum absolute atomic E-state index is 9.65. The van der Waals surface area contributed by atoms with E-state index in [1.807, 2.05) is 29.1 Å². The Bertz CT molecular complexity index is 973. The van der Waals surface area contributed by atoms with Gasteiger partial charge in [-0.2, -0.15) is 5.10 Å². The Morgan fingerprint density at radius 1 is 1.10 bits per heavy atom. The number of aromatic nitrogens is 2. The lowest BCUT2D eigenvalue weighted by Gasteiger charge is -2.41. The fourth-order valence-corrected chi connectivity index (χ4v) is 4.40. The van der Waals surface area contributed by atoms with Gasteiger partial charge in [-0.15, -0.1) is 0 Å². The number of hydrogen-bond acceptors (Lipinski definition) is 5. The molecular weight excluding hydrogens is 388 g/mol. The van der Waals surface area contributed by atoms with E-state index in [9.17, 15) is 5.11 Å². The molecule has 0 radical (unpaired) electrons. The van der Waals surface area contributed by atoms with Crippen molar-refractivity contribution in [3.63, 3.8) is 0 Å². The minimum absolute atomic E-state index is 0.213. The molecule has 0 spiro atoms. The second-order valence-electron chi connectivity index (χ2n) is 8.28. The second-order valence-corrected chi connectivity index (χ2v) is 8.28. The molecule has 1 aromatic heterocycles. The van der Waals surface area contributed by atoms with Crippen LogP contribution in [0.2, 0.25) is 0 Å². The fourth-order valence-electron chi connectivity index (χ4n) is 4.40. The first kappa shape index (κ1) is 21.6. The highest BCUT2D eigenvalue weighted by Gasteiger charge is 2.27. The summed E-state index contributed by atoms with van der Waals surface area (Å²) in [4.78, 5) is 5.01. The van der Waals surface area contributed by atoms with Gasteiger partial charge in [-0.25, -0.2) is 4.68 Å². The van der Waals surface area contributed by atoms with Crippen LogP contribution in [0.5, 0.6) is 5.75 Å². The molecule has 1 saturated heterocycles. The van der Waals surface area contributed by atoms with E-state index in [0.717, 1.165) is 50.6 Å². The predicted octanol–water partition coefficient (Wildman–Crippen LogP) is 3.26. The van der Waals surface area contributed by atoms with Gasteiger partial charge in [0, 0.05) is 57.8 Å². The van der Waals surface area contributed by atoms with Gasteiger partial charge in [-0.3, -0.25) is 9.80 Å². The maximum Gasteiger partial charge on any atom is 0.119 e. The molecule has 6 heteroatoms. The van der Waals surface area contributed by atoms with E-state index < -0.39 is 0 Å². The van der Waals surface area contributed by atoms with Gasteiger partial charge in [0.2, 0.25) is 0 Å². The van der Waals surface area contributed by atoms with Gasteiger partial charge >= 0.3 is 0 Å². The molecule has 1 unspecified atom stereocenters. The number of methoxy groups -OCH3 is 1. The minimum Gasteiger partial charge on any atom is -0.497 e. The highest BCUT2D eigenvalue weighted by Crippen LogP contribution is 2.22. The number of nitrogens with zero attached hydrogens (tertiary/aromatic N) is 4. The molecule has 0 bridgehead atoms. The zero-order chi connectivity index (χ0) is 21.6. The summed E-state index contributed by atoms with van der Waals surface area (Å²) in [6.07, 6.45) is 4.56. The van der Waals surface area contributed by atoms with E-state index in [0.29, 0.717) is 6.04 Å². The number of aryl methyl sites for hydroxylation is 1. The molecule has 1 N–H and O–H groups in total. The normalized spacial score (nSPS) is 17.7. The predicted molar refractivity (Wildman–Crippen MR) is 122 cm³/mol. The summed E-state index contributed by atoms with van der Waals surface area (Å²) in [5, 5.41) is 14.0. The summed E-state index contributed by atoms with van der Waals surface area (Å²) < 4.78 is 7.27. The van der Waals surface area contributed by atoms with Crippen molar-refractivity contribution in [1.82, 2.24) is 19.6 Å². The Kier molecular flexibility index (Phi) is 7.02. The van der Waals surface area contributed by atoms with Crippen LogP contribution < -0.4 is 4.74 Å². The van der Waals surface area contributed by atoms with Gasteiger partial charge in [0.05, 0.1) is 12.8 Å². The summed E-state index contributed by atoms with van der Waals surface area (Å²) in [6, 6.07) is 17.1. The first-order valence-corrected chi connectivity index (χ1v) is 11.0. The van der Waals surface area contributed by atoms with Gasteiger partial charge in [0.1, 0.15) is 5.75 Å². The quantitative estimate of drug-likeness (QED) is 0.606. The van der Waals surface area contributed by atoms with Crippen LogP contribution in [-0.4, -0.2) is 64.1 Å². The van der Waals surface area contributed by atoms with E-state index in [1.54, 1.807) is 13.3 Å². The SMILES string of the molecule is COc1cccc(CN2CCN(Cc3ccc(-n4cccn4)cc3C)CC2CCO)c1. The molecule has 4 rings (SSSR count). The van der Waals surface area contributed by atoms with Gasteiger partial charge in [0.25, 0.3) is 0 Å². The summed E-state index contributed by atoms with van der Waals surface area (Å²) in [7, 11) is 1.70. The van der Waals surface area contributed by atoms with Gasteiger partial charge < -0.3 is 9.84 Å². The molecule has 1 fully saturated rings. The number of benzene rings is 2. The van der Waals surface area contributed by atoms with Crippen molar-refractivity contribution in [2.75, 3.05) is 33.4 Å². The third-order valence-electron chi connectivity index (χ3n) is 6.16. The third-order valence-corrected chi connectivity index (χ3v) is 6.16. The number of rotatable bonds is 8. The van der Waals surface area contributed by atoms with Crippen LogP contribution in [0.25, 0.3) is 5.69 Å². The lowest BCUT2D eigenvalue weighted by atomic mass is 10.0. The van der Waals surface area contributed by atoms with E-state index in [4.69, 9.17) is 4.74 Å². The van der Waals surface area contributed by atoms with Crippen LogP contribution in [0.1, 0.15) is 23.1 Å². The highest BCUT2D eigenvalue weighted by molar-refractivity contribution is 5.39. The van der Waals surface area contributed by atoms with Crippen molar-refractivity contribution in [1.29, 1.82) is 0 Å². The van der Waals surface area contributed by atoms with E-state index >= 15 is 0 Å². The van der Waals surface area contributed by atoms with Crippen LogP contribution in [-0.2, 0) is 13.1 Å². The van der Waals surface area contributed by atoms with Crippen molar-refractivity contribution in [3.8, 4) is 11.4 Å². The molecule has 1 aliphatic rings. The van der Waals surface area contributed by atoms with Crippen LogP contribution in [0, 0.1) is 6.92 Å². The lowest BCUT2D eigenvalue weighted by molar-refractivity contribution is 0.0498. The molecule has 0 amide bonds. The maximum atomic E-state index is 9.65. The van der Waals surface area contributed by atoms with Gasteiger partial charge in [-0.1, -0.05) is 18.2 Å². The zero-order valence-corrected chi connectivity index (χ0v) is 18.4. The molecule has 1 atom stereocenters. The standard InChI is InChI=1S/C25H32N4O2/c1-20-15-23(29-11-4-10-26-29)8-7-22(20)18-27-12-13-28(24(19-27)9-14-30)17-21-5-3-6-25(16-21)31-2/h3-8,10-11,15-16,24,30H,9,12-14,17-19H2,1-2H3. The average molecular weight is 421 g/mol. The summed E-state index contributed by atoms with van der Waals surface area (Å²) in [6.45, 7) is 7.17. The highest BCUT2D eigenvalue weighted by atomic mass is 16.5. The fraction of sp³-hybridized carbons (Fsp3) is 0.400. The van der Waals surface area contributed by atoms with Crippen LogP contribution in [0.3, 0.4) is 0 Å². The zero-order valence-electron chi connectivity index (χ0n) is 18.4. The van der Waals surface area contributed by atoms with Crippen molar-refractivity contribution in [2.24, 2.45) is 0 Å². The molecule has 3 aromatic rings. The Morgan fingerprint density at radius 3 is 2.74 bits per heavy atom. The number of piperazine rings is 1. The third kappa shape index (κ3) is 5.34. The number of aliphatic hydroxyl groups is 1. The molecule has 0 aliphatic carbocycles. The average Bonchev–Trinajstić information content (AvgIpc) is 3.32. The van der Waals surface area contributed by atoms with E-state index in [-0.39, 0.29) is 6.61 Å². The first-order chi connectivity index (χ1) is 15.2. The van der Waals surface area contributed by atoms with Crippen molar-refractivity contribution >= 4 is 0 Å². The molecule has 0 saturated carbocycles. The van der Waals surface area contributed by atoms with Crippen LogP contribution in [0.15, 0.2) is 60.9 Å². The van der Waals surface area contributed by atoms with Crippen molar-refractivity contribution in [3.05, 3.63) is 77.6 Å². The molecule has 1 aliphatic heterocycles. The molecule has 31 heavy (non-hydrogen) atoms. The monoisotopic (exact) mass is 420 g/mol. The van der Waals surface area contributed by atoms with Crippen LogP contribution >= 0.6 is 0 Å². The summed E-state index contributed by atoms with van der Waals surface area (Å²) >= 11 is 0. The van der Waals surface area contributed by atoms with E-state index in [2.05, 4.69) is 52.2 Å². The lowest BCUT2D eigenvalue weighted by Crippen LogP contribution is -2.52. The molecular formula is C25H32N4O2. The molecule has 164 valence electrons. The molecule has 2 aromatic carbocycles. The molecule has 2 heterocycles. The van der Waals surface area contributed by atoms with Gasteiger partial charge in [0.15, 0.2) is 0 Å². The Labute approximate surface area is 184 Å². The Morgan fingerprint density at radius 2 is 2.00 bits per heavy atom. The Balaban J connectivity index is 1.41. The second kappa shape index (κ2) is 10.1. The van der Waals surface area contributed by atoms with Crippen molar-refractivity contribution in [2.45, 2.75) is 32.5 Å². The number of aliphatic hydroxyl groups excluding tert-OH is 1. The smallest absolute Gasteiger partial charge is 0.119 e. The molecule has 6 nitrogen and oxygen atoms in total. The number of hydrogen-bond donors (Lipinski definition) is 1. The first-order valence-electron chi connectivity index (χ1n) is 11.0. The Hall–Kier alpha value is -2.67. The topological polar surface area (TPSA) is 53.8 Å².